The zero-order valence-corrected chi connectivity index (χ0v) is 19.5. The second-order valence-corrected chi connectivity index (χ2v) is 8.20. The first-order valence-electron chi connectivity index (χ1n) is 11.5. The third-order valence-corrected chi connectivity index (χ3v) is 5.62. The van der Waals surface area contributed by atoms with Crippen molar-refractivity contribution in [1.29, 1.82) is 0 Å². The van der Waals surface area contributed by atoms with Gasteiger partial charge < -0.3 is 11.5 Å². The van der Waals surface area contributed by atoms with Crippen LogP contribution in [0, 0.1) is 0 Å². The number of hydrogen-bond acceptors (Lipinski definition) is 6. The monoisotopic (exact) mass is 468 g/mol. The van der Waals surface area contributed by atoms with Gasteiger partial charge in [-0.1, -0.05) is 60.7 Å². The molecule has 0 aliphatic rings. The summed E-state index contributed by atoms with van der Waals surface area (Å²) in [6.07, 6.45) is 0. The zero-order chi connectivity index (χ0) is 24.7. The molecule has 5 rings (SSSR count). The predicted octanol–water partition coefficient (Wildman–Crippen LogP) is 9.02. The fourth-order valence-corrected chi connectivity index (χ4v) is 3.74. The molecular weight excluding hydrogens is 444 g/mol. The molecule has 0 amide bonds. The summed E-state index contributed by atoms with van der Waals surface area (Å²) >= 11 is 0. The summed E-state index contributed by atoms with van der Waals surface area (Å²) in [5, 5.41) is 18.2. The molecule has 0 radical (unpaired) electrons. The molecule has 0 heterocycles. The summed E-state index contributed by atoms with van der Waals surface area (Å²) in [7, 11) is 0. The quantitative estimate of drug-likeness (QED) is 0.192. The van der Waals surface area contributed by atoms with Crippen molar-refractivity contribution in [3.63, 3.8) is 0 Å². The topological polar surface area (TPSA) is 101 Å². The molecule has 0 spiro atoms. The van der Waals surface area contributed by atoms with Crippen LogP contribution in [0.2, 0.25) is 0 Å². The SMILES string of the molecule is Nc1ccc(-c2cc(N=Nc3ccccc3)c(-c3ccc(N)cc3)cc2N=Nc2ccccc2)cc1. The Balaban J connectivity index is 1.70. The fraction of sp³-hybridized carbons (Fsp3) is 0. The first-order chi connectivity index (χ1) is 17.7. The van der Waals surface area contributed by atoms with Gasteiger partial charge >= 0.3 is 0 Å². The van der Waals surface area contributed by atoms with Crippen molar-refractivity contribution in [1.82, 2.24) is 0 Å². The summed E-state index contributed by atoms with van der Waals surface area (Å²) in [6, 6.07) is 38.6. The van der Waals surface area contributed by atoms with Crippen LogP contribution in [0.1, 0.15) is 0 Å². The van der Waals surface area contributed by atoms with E-state index in [0.29, 0.717) is 22.7 Å². The van der Waals surface area contributed by atoms with Gasteiger partial charge in [0.15, 0.2) is 0 Å². The summed E-state index contributed by atoms with van der Waals surface area (Å²) in [4.78, 5) is 0. The van der Waals surface area contributed by atoms with Crippen LogP contribution < -0.4 is 11.5 Å². The summed E-state index contributed by atoms with van der Waals surface area (Å²) in [5.74, 6) is 0. The van der Waals surface area contributed by atoms with Crippen LogP contribution in [-0.2, 0) is 0 Å². The highest BCUT2D eigenvalue weighted by Crippen LogP contribution is 2.42. The standard InChI is InChI=1S/C30H24N6/c31-23-15-11-21(12-16-23)27-20-30(36-34-26-9-5-2-6-10-26)28(22-13-17-24(32)18-14-22)19-29(27)35-33-25-7-3-1-4-8-25/h1-20H,31-32H2. The van der Waals surface area contributed by atoms with E-state index in [1.54, 1.807) is 0 Å². The number of nitrogens with zero attached hydrogens (tertiary/aromatic N) is 4. The van der Waals surface area contributed by atoms with Crippen LogP contribution in [0.3, 0.4) is 0 Å². The molecule has 6 nitrogen and oxygen atoms in total. The lowest BCUT2D eigenvalue weighted by Crippen LogP contribution is -1.88. The lowest BCUT2D eigenvalue weighted by molar-refractivity contribution is 1.21. The Morgan fingerprint density at radius 3 is 1.11 bits per heavy atom. The van der Waals surface area contributed by atoms with Gasteiger partial charge in [0.05, 0.1) is 22.7 Å². The second-order valence-electron chi connectivity index (χ2n) is 8.20. The summed E-state index contributed by atoms with van der Waals surface area (Å²) in [6.45, 7) is 0. The molecule has 0 aliphatic carbocycles. The van der Waals surface area contributed by atoms with Crippen LogP contribution >= 0.6 is 0 Å². The van der Waals surface area contributed by atoms with Crippen LogP contribution in [-0.4, -0.2) is 0 Å². The van der Waals surface area contributed by atoms with Gasteiger partial charge in [-0.15, -0.1) is 10.2 Å². The highest BCUT2D eigenvalue weighted by Gasteiger charge is 2.14. The van der Waals surface area contributed by atoms with E-state index in [1.807, 2.05) is 121 Å². The number of hydrogen-bond donors (Lipinski definition) is 2. The molecule has 0 atom stereocenters. The zero-order valence-electron chi connectivity index (χ0n) is 19.5. The maximum absolute atomic E-state index is 5.95. The van der Waals surface area contributed by atoms with E-state index in [1.165, 1.54) is 0 Å². The van der Waals surface area contributed by atoms with Crippen LogP contribution in [0.15, 0.2) is 142 Å². The number of nitrogen functional groups attached to an aromatic ring is 2. The van der Waals surface area contributed by atoms with Gasteiger partial charge in [-0.3, -0.25) is 0 Å². The average Bonchev–Trinajstić information content (AvgIpc) is 2.93. The van der Waals surface area contributed by atoms with Gasteiger partial charge in [0.2, 0.25) is 0 Å². The predicted molar refractivity (Wildman–Crippen MR) is 147 cm³/mol. The van der Waals surface area contributed by atoms with Crippen molar-refractivity contribution in [2.75, 3.05) is 11.5 Å². The molecule has 6 heteroatoms. The Hall–Kier alpha value is -5.10. The van der Waals surface area contributed by atoms with Gasteiger partial charge in [0.25, 0.3) is 0 Å². The van der Waals surface area contributed by atoms with Crippen LogP contribution in [0.4, 0.5) is 34.1 Å². The lowest BCUT2D eigenvalue weighted by atomic mass is 9.96. The lowest BCUT2D eigenvalue weighted by Gasteiger charge is -2.12. The van der Waals surface area contributed by atoms with Crippen molar-refractivity contribution in [2.45, 2.75) is 0 Å². The van der Waals surface area contributed by atoms with E-state index in [-0.39, 0.29) is 0 Å². The number of rotatable bonds is 6. The highest BCUT2D eigenvalue weighted by molar-refractivity contribution is 5.88. The number of benzene rings is 5. The molecule has 0 bridgehead atoms. The Kier molecular flexibility index (Phi) is 6.58. The molecule has 0 saturated heterocycles. The van der Waals surface area contributed by atoms with Crippen molar-refractivity contribution in [2.24, 2.45) is 20.5 Å². The minimum Gasteiger partial charge on any atom is -0.399 e. The van der Waals surface area contributed by atoms with Gasteiger partial charge in [-0.2, -0.15) is 10.2 Å². The largest absolute Gasteiger partial charge is 0.399 e. The molecule has 36 heavy (non-hydrogen) atoms. The van der Waals surface area contributed by atoms with E-state index in [4.69, 9.17) is 11.5 Å². The van der Waals surface area contributed by atoms with E-state index >= 15 is 0 Å². The number of anilines is 2. The molecule has 0 aromatic heterocycles. The van der Waals surface area contributed by atoms with Crippen molar-refractivity contribution in [3.8, 4) is 22.3 Å². The van der Waals surface area contributed by atoms with E-state index in [9.17, 15) is 0 Å². The van der Waals surface area contributed by atoms with Crippen molar-refractivity contribution >= 4 is 34.1 Å². The summed E-state index contributed by atoms with van der Waals surface area (Å²) in [5.41, 5.74) is 19.9. The fourth-order valence-electron chi connectivity index (χ4n) is 3.74. The Bertz CT molecular complexity index is 1390. The molecule has 0 saturated carbocycles. The normalized spacial score (nSPS) is 11.3. The minimum atomic E-state index is 0.689. The Morgan fingerprint density at radius 2 is 0.750 bits per heavy atom. The van der Waals surface area contributed by atoms with Gasteiger partial charge in [-0.05, 0) is 71.8 Å². The second kappa shape index (κ2) is 10.4. The van der Waals surface area contributed by atoms with E-state index in [2.05, 4.69) is 20.5 Å². The molecular formula is C30H24N6. The molecule has 174 valence electrons. The summed E-state index contributed by atoms with van der Waals surface area (Å²) < 4.78 is 0. The third-order valence-electron chi connectivity index (χ3n) is 5.62. The first-order valence-corrected chi connectivity index (χ1v) is 11.5. The molecule has 5 aromatic rings. The molecule has 0 aliphatic heterocycles. The van der Waals surface area contributed by atoms with Gasteiger partial charge in [0.1, 0.15) is 0 Å². The minimum absolute atomic E-state index is 0.689. The maximum atomic E-state index is 5.95. The molecule has 4 N–H and O–H groups in total. The average molecular weight is 469 g/mol. The van der Waals surface area contributed by atoms with Gasteiger partial charge in [0, 0.05) is 22.5 Å². The number of nitrogens with two attached hydrogens (primary N) is 2. The van der Waals surface area contributed by atoms with Crippen LogP contribution in [0.5, 0.6) is 0 Å². The smallest absolute Gasteiger partial charge is 0.0943 e. The maximum Gasteiger partial charge on any atom is 0.0943 e. The van der Waals surface area contributed by atoms with E-state index in [0.717, 1.165) is 33.6 Å². The first kappa shape index (κ1) is 22.7. The third kappa shape index (κ3) is 5.34. The molecule has 0 fully saturated rings. The van der Waals surface area contributed by atoms with Gasteiger partial charge in [-0.25, -0.2) is 0 Å². The highest BCUT2D eigenvalue weighted by atomic mass is 15.1. The van der Waals surface area contributed by atoms with Crippen LogP contribution in [0.25, 0.3) is 22.3 Å². The van der Waals surface area contributed by atoms with E-state index < -0.39 is 0 Å². The number of azo groups is 2. The molecule has 0 unspecified atom stereocenters. The Morgan fingerprint density at radius 1 is 0.389 bits per heavy atom. The molecule has 5 aromatic carbocycles. The van der Waals surface area contributed by atoms with Crippen molar-refractivity contribution < 1.29 is 0 Å². The van der Waals surface area contributed by atoms with Crippen molar-refractivity contribution in [3.05, 3.63) is 121 Å². The Labute approximate surface area is 209 Å².